The molecule has 1 fully saturated rings. The van der Waals surface area contributed by atoms with Crippen molar-refractivity contribution in [3.8, 4) is 11.5 Å². The zero-order valence-electron chi connectivity index (χ0n) is 25.0. The number of hydrogen-bond acceptors (Lipinski definition) is 12. The summed E-state index contributed by atoms with van der Waals surface area (Å²) in [6.07, 6.45) is -0.734. The lowest BCUT2D eigenvalue weighted by Crippen LogP contribution is -2.67. The number of fused-ring (bicyclic) bond motifs is 3. The minimum Gasteiger partial charge on any atom is -0.507 e. The third-order valence-corrected chi connectivity index (χ3v) is 8.73. The van der Waals surface area contributed by atoms with Crippen molar-refractivity contribution >= 4 is 35.0 Å². The number of rotatable bonds is 7. The number of nitrogens with one attached hydrogen (secondary N) is 1. The fraction of sp³-hybridized carbons (Fsp3) is 0.355. The maximum absolute atomic E-state index is 14.1. The summed E-state index contributed by atoms with van der Waals surface area (Å²) >= 11 is 0. The first kappa shape index (κ1) is 31.3. The fourth-order valence-electron chi connectivity index (χ4n) is 6.78. The SMILES string of the molecule is CN(C)c1cc(CNC(=O)Oc2ccccc2)c(O)c2c1C[C@H]1C[C@H]3[C@H](N(C)C)C(N=O)=C(C(N)=O)C(=O)[C@@]3(O)C(=O)C1=C2O. The Labute approximate surface area is 257 Å². The molecule has 4 atom stereocenters. The van der Waals surface area contributed by atoms with Gasteiger partial charge in [-0.25, -0.2) is 4.79 Å². The Morgan fingerprint density at radius 2 is 1.78 bits per heavy atom. The van der Waals surface area contributed by atoms with Crippen LogP contribution >= 0.6 is 0 Å². The van der Waals surface area contributed by atoms with Crippen LogP contribution in [0.1, 0.15) is 23.1 Å². The molecule has 5 rings (SSSR count). The average Bonchev–Trinajstić information content (AvgIpc) is 2.97. The van der Waals surface area contributed by atoms with Gasteiger partial charge in [-0.3, -0.25) is 14.4 Å². The zero-order valence-corrected chi connectivity index (χ0v) is 25.0. The van der Waals surface area contributed by atoms with E-state index in [0.717, 1.165) is 0 Å². The van der Waals surface area contributed by atoms with Crippen molar-refractivity contribution in [1.82, 2.24) is 10.2 Å². The highest BCUT2D eigenvalue weighted by molar-refractivity contribution is 6.33. The molecule has 0 heterocycles. The average molecular weight is 620 g/mol. The molecule has 2 aromatic carbocycles. The molecule has 1 saturated carbocycles. The van der Waals surface area contributed by atoms with E-state index in [4.69, 9.17) is 10.5 Å². The minimum atomic E-state index is -2.84. The third kappa shape index (κ3) is 4.91. The molecule has 14 nitrogen and oxygen atoms in total. The summed E-state index contributed by atoms with van der Waals surface area (Å²) < 4.78 is 5.24. The van der Waals surface area contributed by atoms with Crippen LogP contribution in [0.2, 0.25) is 0 Å². The molecular formula is C31H33N5O9. The molecule has 0 radical (unpaired) electrons. The van der Waals surface area contributed by atoms with Crippen LogP contribution in [-0.2, 0) is 27.3 Å². The predicted octanol–water partition coefficient (Wildman–Crippen LogP) is 1.53. The van der Waals surface area contributed by atoms with E-state index in [-0.39, 0.29) is 36.1 Å². The number of likely N-dealkylation sites (N-methyl/N-ethyl adjacent to an activating group) is 1. The third-order valence-electron chi connectivity index (χ3n) is 8.73. The van der Waals surface area contributed by atoms with Gasteiger partial charge in [0.1, 0.15) is 28.5 Å². The van der Waals surface area contributed by atoms with Gasteiger partial charge in [-0.05, 0) is 61.8 Å². The number of benzene rings is 2. The molecule has 0 unspecified atom stereocenters. The molecule has 45 heavy (non-hydrogen) atoms. The van der Waals surface area contributed by atoms with Crippen LogP contribution in [0.4, 0.5) is 10.5 Å². The maximum atomic E-state index is 14.1. The van der Waals surface area contributed by atoms with Crippen LogP contribution in [0, 0.1) is 16.7 Å². The molecule has 3 aliphatic rings. The monoisotopic (exact) mass is 619 g/mol. The first-order chi connectivity index (χ1) is 21.2. The Hall–Kier alpha value is -5.08. The normalized spacial score (nSPS) is 24.1. The number of nitrogens with zero attached hydrogens (tertiary/aromatic N) is 3. The van der Waals surface area contributed by atoms with Gasteiger partial charge < -0.3 is 40.9 Å². The van der Waals surface area contributed by atoms with E-state index in [1.54, 1.807) is 69.5 Å². The molecular weight excluding hydrogens is 586 g/mol. The number of para-hydroxylation sites is 1. The highest BCUT2D eigenvalue weighted by Crippen LogP contribution is 2.53. The second kappa shape index (κ2) is 11.4. The second-order valence-corrected chi connectivity index (χ2v) is 11.8. The van der Waals surface area contributed by atoms with Crippen molar-refractivity contribution in [2.75, 3.05) is 33.1 Å². The number of carbonyl (C=O) groups is 4. The molecule has 3 aliphatic carbocycles. The number of ether oxygens (including phenoxy) is 1. The molecule has 14 heteroatoms. The van der Waals surface area contributed by atoms with Crippen LogP contribution in [-0.4, -0.2) is 83.6 Å². The minimum absolute atomic E-state index is 0.0526. The molecule has 2 aromatic rings. The van der Waals surface area contributed by atoms with E-state index in [1.165, 1.54) is 4.90 Å². The van der Waals surface area contributed by atoms with Crippen molar-refractivity contribution in [3.63, 3.8) is 0 Å². The number of carbonyl (C=O) groups excluding carboxylic acids is 4. The lowest BCUT2D eigenvalue weighted by molar-refractivity contribution is -0.161. The van der Waals surface area contributed by atoms with Crippen LogP contribution in [0.3, 0.4) is 0 Å². The molecule has 0 bridgehead atoms. The molecule has 0 saturated heterocycles. The summed E-state index contributed by atoms with van der Waals surface area (Å²) in [4.78, 5) is 67.6. The first-order valence-electron chi connectivity index (χ1n) is 14.1. The quantitative estimate of drug-likeness (QED) is 0.170. The largest absolute Gasteiger partial charge is 0.507 e. The van der Waals surface area contributed by atoms with Crippen molar-refractivity contribution in [1.29, 1.82) is 0 Å². The second-order valence-electron chi connectivity index (χ2n) is 11.8. The summed E-state index contributed by atoms with van der Waals surface area (Å²) in [6.45, 7) is -0.213. The number of aliphatic hydroxyl groups excluding tert-OH is 1. The van der Waals surface area contributed by atoms with E-state index in [9.17, 15) is 39.4 Å². The number of primary amides is 1. The van der Waals surface area contributed by atoms with Crippen molar-refractivity contribution in [2.45, 2.75) is 31.0 Å². The van der Waals surface area contributed by atoms with Crippen molar-refractivity contribution < 1.29 is 39.2 Å². The summed E-state index contributed by atoms with van der Waals surface area (Å²) in [6, 6.07) is 8.86. The van der Waals surface area contributed by atoms with Gasteiger partial charge in [-0.1, -0.05) is 18.2 Å². The molecule has 0 aromatic heterocycles. The van der Waals surface area contributed by atoms with Gasteiger partial charge in [-0.2, -0.15) is 0 Å². The number of nitrogens with two attached hydrogens (primary N) is 1. The summed E-state index contributed by atoms with van der Waals surface area (Å²) in [5.41, 5.74) is 2.09. The molecule has 0 aliphatic heterocycles. The van der Waals surface area contributed by atoms with Gasteiger partial charge in [0, 0.05) is 43.4 Å². The molecule has 2 amide bonds. The number of ketones is 2. The Balaban J connectivity index is 1.59. The van der Waals surface area contributed by atoms with Gasteiger partial charge in [-0.15, -0.1) is 4.91 Å². The molecule has 0 spiro atoms. The van der Waals surface area contributed by atoms with Crippen molar-refractivity contribution in [3.05, 3.63) is 74.8 Å². The summed E-state index contributed by atoms with van der Waals surface area (Å²) in [5, 5.41) is 40.3. The number of hydrogen-bond donors (Lipinski definition) is 5. The number of aliphatic hydroxyl groups is 2. The van der Waals surface area contributed by atoms with Gasteiger partial charge >= 0.3 is 6.09 Å². The number of nitroso groups, excluding NO2 is 1. The number of phenolic OH excluding ortho intramolecular Hbond substituents is 1. The maximum Gasteiger partial charge on any atom is 0.412 e. The Kier molecular flexibility index (Phi) is 7.97. The number of aromatic hydroxyl groups is 1. The Bertz CT molecular complexity index is 1700. The van der Waals surface area contributed by atoms with E-state index in [0.29, 0.717) is 17.0 Å². The molecule has 236 valence electrons. The van der Waals surface area contributed by atoms with Gasteiger partial charge in [0.25, 0.3) is 5.91 Å². The standard InChI is InChI=1S/C31H33N5O9/c1-35(2)19-12-15(13-33-30(42)45-16-8-6-5-7-9-16)25(37)21-17(19)10-14-11-18-24(36(3)4)23(34-44)22(29(32)41)28(40)31(18,43)27(39)20(14)26(21)38/h5-9,12,14,18,24,37-38,43H,10-11,13H2,1-4H3,(H2,32,41)(H,33,42)/t14-,18-,24-,31-/m0/s1. The van der Waals surface area contributed by atoms with Gasteiger partial charge in [0.15, 0.2) is 5.60 Å². The van der Waals surface area contributed by atoms with E-state index in [1.807, 2.05) is 0 Å². The molecule has 6 N–H and O–H groups in total. The van der Waals surface area contributed by atoms with Crippen LogP contribution in [0.25, 0.3) is 5.76 Å². The van der Waals surface area contributed by atoms with Crippen molar-refractivity contribution in [2.24, 2.45) is 22.7 Å². The lowest BCUT2D eigenvalue weighted by atomic mass is 9.56. The van der Waals surface area contributed by atoms with E-state index in [2.05, 4.69) is 10.5 Å². The topological polar surface area (TPSA) is 212 Å². The van der Waals surface area contributed by atoms with Crippen LogP contribution < -0.4 is 20.7 Å². The van der Waals surface area contributed by atoms with Crippen LogP contribution in [0.15, 0.2) is 58.4 Å². The van der Waals surface area contributed by atoms with Gasteiger partial charge in [0.2, 0.25) is 11.6 Å². The summed E-state index contributed by atoms with van der Waals surface area (Å²) in [7, 11) is 6.58. The lowest BCUT2D eigenvalue weighted by Gasteiger charge is -2.50. The fourth-order valence-corrected chi connectivity index (χ4v) is 6.78. The number of amides is 2. The van der Waals surface area contributed by atoms with Crippen LogP contribution in [0.5, 0.6) is 11.5 Å². The number of anilines is 1. The van der Waals surface area contributed by atoms with E-state index >= 15 is 0 Å². The Morgan fingerprint density at radius 3 is 2.36 bits per heavy atom. The number of phenols is 1. The highest BCUT2D eigenvalue weighted by atomic mass is 16.6. The smallest absolute Gasteiger partial charge is 0.412 e. The number of Topliss-reactive ketones (excluding diaryl/α,β-unsaturated/α-hetero) is 2. The van der Waals surface area contributed by atoms with Gasteiger partial charge in [0.05, 0.1) is 11.6 Å². The zero-order chi connectivity index (χ0) is 33.0. The summed E-state index contributed by atoms with van der Waals surface area (Å²) in [5.74, 6) is -6.57. The van der Waals surface area contributed by atoms with E-state index < -0.39 is 69.8 Å². The highest BCUT2D eigenvalue weighted by Gasteiger charge is 2.65. The predicted molar refractivity (Wildman–Crippen MR) is 161 cm³/mol. The first-order valence-corrected chi connectivity index (χ1v) is 14.1. The Morgan fingerprint density at radius 1 is 1.11 bits per heavy atom.